The number of hydrogen-bond donors (Lipinski definition) is 2. The van der Waals surface area contributed by atoms with Gasteiger partial charge in [0.25, 0.3) is 0 Å². The molecule has 0 radical (unpaired) electrons. The van der Waals surface area contributed by atoms with Gasteiger partial charge in [-0.2, -0.15) is 0 Å². The molecule has 0 aliphatic rings. The zero-order valence-electron chi connectivity index (χ0n) is 11.4. The second-order valence-electron chi connectivity index (χ2n) is 4.95. The fourth-order valence-electron chi connectivity index (χ4n) is 1.73. The molecule has 0 aromatic heterocycles. The lowest BCUT2D eigenvalue weighted by Gasteiger charge is -2.18. The lowest BCUT2D eigenvalue weighted by Crippen LogP contribution is -2.31. The van der Waals surface area contributed by atoms with Crippen LogP contribution in [-0.2, 0) is 0 Å². The Balaban J connectivity index is 3.62. The van der Waals surface area contributed by atoms with Crippen LogP contribution in [0.2, 0.25) is 0 Å². The molecular formula is C14H29NO. The van der Waals surface area contributed by atoms with Gasteiger partial charge in [-0.3, -0.25) is 0 Å². The van der Waals surface area contributed by atoms with Crippen LogP contribution in [0.15, 0.2) is 11.6 Å². The van der Waals surface area contributed by atoms with Crippen LogP contribution in [0.3, 0.4) is 0 Å². The molecule has 0 saturated carbocycles. The normalized spacial score (nSPS) is 14.6. The van der Waals surface area contributed by atoms with E-state index >= 15 is 0 Å². The monoisotopic (exact) mass is 227 g/mol. The van der Waals surface area contributed by atoms with Crippen LogP contribution in [-0.4, -0.2) is 24.3 Å². The molecule has 2 atom stereocenters. The summed E-state index contributed by atoms with van der Waals surface area (Å²) in [6.07, 6.45) is 6.72. The summed E-state index contributed by atoms with van der Waals surface area (Å²) in [6, 6.07) is 0.573. The minimum atomic E-state index is 0.312. The van der Waals surface area contributed by atoms with Crippen molar-refractivity contribution in [2.45, 2.75) is 59.4 Å². The van der Waals surface area contributed by atoms with Gasteiger partial charge in [0, 0.05) is 12.6 Å². The molecule has 0 heterocycles. The first-order valence-electron chi connectivity index (χ1n) is 6.57. The van der Waals surface area contributed by atoms with Gasteiger partial charge in [0.15, 0.2) is 0 Å². The second-order valence-corrected chi connectivity index (χ2v) is 4.95. The van der Waals surface area contributed by atoms with E-state index in [1.54, 1.807) is 0 Å². The number of rotatable bonds is 9. The zero-order chi connectivity index (χ0) is 12.4. The third-order valence-corrected chi connectivity index (χ3v) is 3.02. The Morgan fingerprint density at radius 2 is 2.00 bits per heavy atom. The standard InChI is InChI=1S/C14H29NO/c1-5-14(9-10-16)11-15-13(4)8-6-7-12(2)3/h7,13-16H,5-6,8-11H2,1-4H3. The molecule has 0 aromatic rings. The van der Waals surface area contributed by atoms with Crippen molar-refractivity contribution in [2.75, 3.05) is 13.2 Å². The molecule has 0 rings (SSSR count). The highest BCUT2D eigenvalue weighted by Crippen LogP contribution is 2.07. The van der Waals surface area contributed by atoms with Crippen LogP contribution in [0, 0.1) is 5.92 Å². The predicted molar refractivity (Wildman–Crippen MR) is 71.6 cm³/mol. The fraction of sp³-hybridized carbons (Fsp3) is 0.857. The fourth-order valence-corrected chi connectivity index (χ4v) is 1.73. The van der Waals surface area contributed by atoms with E-state index in [2.05, 4.69) is 39.1 Å². The molecule has 2 nitrogen and oxygen atoms in total. The van der Waals surface area contributed by atoms with Gasteiger partial charge >= 0.3 is 0 Å². The highest BCUT2D eigenvalue weighted by atomic mass is 16.3. The van der Waals surface area contributed by atoms with Gasteiger partial charge in [-0.05, 0) is 52.5 Å². The topological polar surface area (TPSA) is 32.3 Å². The van der Waals surface area contributed by atoms with Gasteiger partial charge in [-0.1, -0.05) is 25.0 Å². The lowest BCUT2D eigenvalue weighted by molar-refractivity contribution is 0.248. The molecule has 16 heavy (non-hydrogen) atoms. The first-order valence-corrected chi connectivity index (χ1v) is 6.57. The van der Waals surface area contributed by atoms with E-state index in [-0.39, 0.29) is 0 Å². The maximum atomic E-state index is 8.90. The Morgan fingerprint density at radius 3 is 2.50 bits per heavy atom. The van der Waals surface area contributed by atoms with Crippen LogP contribution in [0.4, 0.5) is 0 Å². The maximum absolute atomic E-state index is 8.90. The van der Waals surface area contributed by atoms with Gasteiger partial charge in [0.2, 0.25) is 0 Å². The second kappa shape index (κ2) is 9.86. The smallest absolute Gasteiger partial charge is 0.0434 e. The lowest BCUT2D eigenvalue weighted by atomic mass is 10.0. The van der Waals surface area contributed by atoms with E-state index in [9.17, 15) is 0 Å². The van der Waals surface area contributed by atoms with E-state index in [0.29, 0.717) is 18.6 Å². The van der Waals surface area contributed by atoms with Crippen LogP contribution < -0.4 is 5.32 Å². The number of nitrogens with one attached hydrogen (secondary N) is 1. The van der Waals surface area contributed by atoms with Crippen LogP contribution in [0.5, 0.6) is 0 Å². The van der Waals surface area contributed by atoms with Crippen molar-refractivity contribution in [3.63, 3.8) is 0 Å². The van der Waals surface area contributed by atoms with Crippen molar-refractivity contribution in [2.24, 2.45) is 5.92 Å². The first kappa shape index (κ1) is 15.7. The van der Waals surface area contributed by atoms with Crippen molar-refractivity contribution < 1.29 is 5.11 Å². The average Bonchev–Trinajstić information content (AvgIpc) is 2.23. The summed E-state index contributed by atoms with van der Waals surface area (Å²) in [6.45, 7) is 10.1. The predicted octanol–water partition coefficient (Wildman–Crippen LogP) is 3.12. The van der Waals surface area contributed by atoms with Crippen molar-refractivity contribution >= 4 is 0 Å². The number of hydrogen-bond acceptors (Lipinski definition) is 2. The quantitative estimate of drug-likeness (QED) is 0.593. The van der Waals surface area contributed by atoms with E-state index in [0.717, 1.165) is 25.8 Å². The van der Waals surface area contributed by atoms with Crippen LogP contribution in [0.1, 0.15) is 53.4 Å². The molecule has 0 saturated heterocycles. The summed E-state index contributed by atoms with van der Waals surface area (Å²) < 4.78 is 0. The SMILES string of the molecule is CCC(CCO)CNC(C)CCC=C(C)C. The molecule has 0 aliphatic carbocycles. The van der Waals surface area contributed by atoms with E-state index in [4.69, 9.17) is 5.11 Å². The van der Waals surface area contributed by atoms with Crippen molar-refractivity contribution in [3.05, 3.63) is 11.6 Å². The Kier molecular flexibility index (Phi) is 9.65. The molecule has 2 unspecified atom stereocenters. The number of aliphatic hydroxyl groups is 1. The van der Waals surface area contributed by atoms with Gasteiger partial charge < -0.3 is 10.4 Å². The molecule has 96 valence electrons. The van der Waals surface area contributed by atoms with Crippen LogP contribution >= 0.6 is 0 Å². The minimum absolute atomic E-state index is 0.312. The Hall–Kier alpha value is -0.340. The van der Waals surface area contributed by atoms with Gasteiger partial charge in [-0.25, -0.2) is 0 Å². The number of aliphatic hydroxyl groups excluding tert-OH is 1. The minimum Gasteiger partial charge on any atom is -0.396 e. The highest BCUT2D eigenvalue weighted by molar-refractivity contribution is 4.93. The summed E-state index contributed by atoms with van der Waals surface area (Å²) in [5.41, 5.74) is 1.40. The van der Waals surface area contributed by atoms with Crippen LogP contribution in [0.25, 0.3) is 0 Å². The summed E-state index contributed by atoms with van der Waals surface area (Å²) >= 11 is 0. The molecule has 0 aliphatic heterocycles. The van der Waals surface area contributed by atoms with E-state index in [1.165, 1.54) is 12.0 Å². The van der Waals surface area contributed by atoms with Crippen molar-refractivity contribution in [1.82, 2.24) is 5.32 Å². The molecular weight excluding hydrogens is 198 g/mol. The van der Waals surface area contributed by atoms with Gasteiger partial charge in [0.1, 0.15) is 0 Å². The third-order valence-electron chi connectivity index (χ3n) is 3.02. The molecule has 0 fully saturated rings. The maximum Gasteiger partial charge on any atom is 0.0434 e. The van der Waals surface area contributed by atoms with Crippen molar-refractivity contribution in [3.8, 4) is 0 Å². The van der Waals surface area contributed by atoms with Gasteiger partial charge in [0.05, 0.1) is 0 Å². The molecule has 2 N–H and O–H groups in total. The summed E-state index contributed by atoms with van der Waals surface area (Å²) in [7, 11) is 0. The molecule has 0 amide bonds. The van der Waals surface area contributed by atoms with Gasteiger partial charge in [-0.15, -0.1) is 0 Å². The highest BCUT2D eigenvalue weighted by Gasteiger charge is 2.07. The summed E-state index contributed by atoms with van der Waals surface area (Å²) in [5, 5.41) is 12.5. The summed E-state index contributed by atoms with van der Waals surface area (Å²) in [4.78, 5) is 0. The largest absolute Gasteiger partial charge is 0.396 e. The van der Waals surface area contributed by atoms with Crippen molar-refractivity contribution in [1.29, 1.82) is 0 Å². The van der Waals surface area contributed by atoms with E-state index < -0.39 is 0 Å². The molecule has 2 heteroatoms. The Bertz CT molecular complexity index is 185. The Labute approximate surface area is 101 Å². The third kappa shape index (κ3) is 8.93. The number of allylic oxidation sites excluding steroid dienone is 2. The van der Waals surface area contributed by atoms with E-state index in [1.807, 2.05) is 0 Å². The zero-order valence-corrected chi connectivity index (χ0v) is 11.4. The molecule has 0 spiro atoms. The molecule has 0 aromatic carbocycles. The average molecular weight is 227 g/mol. The Morgan fingerprint density at radius 1 is 1.31 bits per heavy atom. The molecule has 0 bridgehead atoms. The first-order chi connectivity index (χ1) is 7.60. The summed E-state index contributed by atoms with van der Waals surface area (Å²) in [5.74, 6) is 0.621.